The van der Waals surface area contributed by atoms with Gasteiger partial charge in [-0.25, -0.2) is 0 Å². The van der Waals surface area contributed by atoms with Gasteiger partial charge in [0, 0.05) is 13.0 Å². The zero-order valence-corrected chi connectivity index (χ0v) is 12.0. The van der Waals surface area contributed by atoms with Gasteiger partial charge < -0.3 is 14.7 Å². The molecule has 1 aromatic carbocycles. The van der Waals surface area contributed by atoms with Crippen LogP contribution < -0.4 is 4.74 Å². The minimum absolute atomic E-state index is 0.0280. The molecule has 0 radical (unpaired) electrons. The molecule has 1 heterocycles. The monoisotopic (exact) mass is 277 g/mol. The van der Waals surface area contributed by atoms with E-state index in [1.165, 1.54) is 5.56 Å². The number of benzene rings is 1. The minimum Gasteiger partial charge on any atom is -0.494 e. The van der Waals surface area contributed by atoms with Crippen molar-refractivity contribution in [2.24, 2.45) is 0 Å². The number of ether oxygens (including phenoxy) is 1. The molecular weight excluding hydrogens is 254 g/mol. The highest BCUT2D eigenvalue weighted by Gasteiger charge is 2.27. The Morgan fingerprint density at radius 1 is 1.50 bits per heavy atom. The van der Waals surface area contributed by atoms with Gasteiger partial charge in [0.05, 0.1) is 19.3 Å². The number of hydrogen-bond donors (Lipinski definition) is 1. The lowest BCUT2D eigenvalue weighted by Crippen LogP contribution is -2.37. The van der Waals surface area contributed by atoms with Gasteiger partial charge in [0.1, 0.15) is 5.75 Å². The van der Waals surface area contributed by atoms with Crippen molar-refractivity contribution >= 4 is 5.91 Å². The Kier molecular flexibility index (Phi) is 5.41. The zero-order chi connectivity index (χ0) is 14.4. The Bertz CT molecular complexity index is 447. The predicted molar refractivity (Wildman–Crippen MR) is 77.7 cm³/mol. The Morgan fingerprint density at radius 3 is 3.10 bits per heavy atom. The molecule has 0 unspecified atom stereocenters. The van der Waals surface area contributed by atoms with Crippen molar-refractivity contribution in [1.82, 2.24) is 4.90 Å². The van der Waals surface area contributed by atoms with Gasteiger partial charge in [0.25, 0.3) is 0 Å². The van der Waals surface area contributed by atoms with Gasteiger partial charge in [-0.05, 0) is 43.9 Å². The van der Waals surface area contributed by atoms with Crippen molar-refractivity contribution in [3.05, 3.63) is 29.8 Å². The lowest BCUT2D eigenvalue weighted by molar-refractivity contribution is -0.132. The second-order valence-corrected chi connectivity index (χ2v) is 5.33. The number of carbonyl (C=O) groups is 1. The second kappa shape index (κ2) is 7.29. The second-order valence-electron chi connectivity index (χ2n) is 5.33. The third kappa shape index (κ3) is 3.97. The van der Waals surface area contributed by atoms with Gasteiger partial charge >= 0.3 is 0 Å². The summed E-state index contributed by atoms with van der Waals surface area (Å²) in [6, 6.07) is 7.94. The largest absolute Gasteiger partial charge is 0.494 e. The molecule has 0 bridgehead atoms. The van der Waals surface area contributed by atoms with Crippen LogP contribution in [0.15, 0.2) is 24.3 Å². The summed E-state index contributed by atoms with van der Waals surface area (Å²) >= 11 is 0. The molecule has 2 rings (SSSR count). The topological polar surface area (TPSA) is 49.8 Å². The zero-order valence-electron chi connectivity index (χ0n) is 12.0. The van der Waals surface area contributed by atoms with Gasteiger partial charge in [-0.1, -0.05) is 12.1 Å². The Hall–Kier alpha value is -1.55. The lowest BCUT2D eigenvalue weighted by atomic mass is 10.2. The highest BCUT2D eigenvalue weighted by atomic mass is 16.5. The molecule has 0 spiro atoms. The number of aliphatic hydroxyl groups is 1. The van der Waals surface area contributed by atoms with Crippen molar-refractivity contribution in [3.63, 3.8) is 0 Å². The standard InChI is InChI=1S/C16H23NO3/c1-13-5-2-7-15(11-13)20-10-4-8-16(19)17-9-3-6-14(17)12-18/h2,5,7,11,14,18H,3-4,6,8-10,12H2,1H3/t14-/m1/s1. The van der Waals surface area contributed by atoms with Crippen LogP contribution in [0.25, 0.3) is 0 Å². The molecule has 1 atom stereocenters. The van der Waals surface area contributed by atoms with E-state index in [-0.39, 0.29) is 18.6 Å². The molecule has 20 heavy (non-hydrogen) atoms. The van der Waals surface area contributed by atoms with E-state index in [9.17, 15) is 9.90 Å². The molecule has 1 saturated heterocycles. The highest BCUT2D eigenvalue weighted by molar-refractivity contribution is 5.76. The van der Waals surface area contributed by atoms with E-state index in [1.54, 1.807) is 0 Å². The summed E-state index contributed by atoms with van der Waals surface area (Å²) in [6.45, 7) is 3.43. The molecule has 1 aliphatic rings. The van der Waals surface area contributed by atoms with Crippen molar-refractivity contribution in [1.29, 1.82) is 0 Å². The fourth-order valence-electron chi connectivity index (χ4n) is 2.62. The van der Waals surface area contributed by atoms with E-state index < -0.39 is 0 Å². The van der Waals surface area contributed by atoms with Crippen LogP contribution in [0.1, 0.15) is 31.2 Å². The van der Waals surface area contributed by atoms with Crippen LogP contribution in [0.2, 0.25) is 0 Å². The number of aliphatic hydroxyl groups excluding tert-OH is 1. The maximum Gasteiger partial charge on any atom is 0.223 e. The molecule has 4 heteroatoms. The minimum atomic E-state index is 0.0280. The molecular formula is C16H23NO3. The van der Waals surface area contributed by atoms with Crippen LogP contribution in [-0.2, 0) is 4.79 Å². The Labute approximate surface area is 120 Å². The summed E-state index contributed by atoms with van der Waals surface area (Å²) in [5.41, 5.74) is 1.17. The van der Waals surface area contributed by atoms with Crippen LogP contribution >= 0.6 is 0 Å². The summed E-state index contributed by atoms with van der Waals surface area (Å²) < 4.78 is 5.63. The number of carbonyl (C=O) groups excluding carboxylic acids is 1. The maximum atomic E-state index is 12.0. The van der Waals surface area contributed by atoms with Gasteiger partial charge in [0.15, 0.2) is 0 Å². The van der Waals surface area contributed by atoms with Crippen LogP contribution in [0.4, 0.5) is 0 Å². The molecule has 4 nitrogen and oxygen atoms in total. The third-order valence-electron chi connectivity index (χ3n) is 3.70. The number of aryl methyl sites for hydroxylation is 1. The van der Waals surface area contributed by atoms with E-state index in [1.807, 2.05) is 36.1 Å². The lowest BCUT2D eigenvalue weighted by Gasteiger charge is -2.23. The van der Waals surface area contributed by atoms with Crippen molar-refractivity contribution in [3.8, 4) is 5.75 Å². The Morgan fingerprint density at radius 2 is 2.35 bits per heavy atom. The van der Waals surface area contributed by atoms with E-state index in [0.29, 0.717) is 19.4 Å². The molecule has 0 saturated carbocycles. The number of amides is 1. The highest BCUT2D eigenvalue weighted by Crippen LogP contribution is 2.18. The quantitative estimate of drug-likeness (QED) is 0.810. The number of likely N-dealkylation sites (tertiary alicyclic amines) is 1. The summed E-state index contributed by atoms with van der Waals surface area (Å²) in [4.78, 5) is 13.9. The van der Waals surface area contributed by atoms with Crippen LogP contribution in [0.3, 0.4) is 0 Å². The van der Waals surface area contributed by atoms with Gasteiger partial charge in [-0.3, -0.25) is 4.79 Å². The van der Waals surface area contributed by atoms with Crippen LogP contribution in [0.5, 0.6) is 5.75 Å². The SMILES string of the molecule is Cc1cccc(OCCCC(=O)N2CCC[C@@H]2CO)c1. The molecule has 0 aliphatic carbocycles. The van der Waals surface area contributed by atoms with E-state index in [4.69, 9.17) is 4.74 Å². The number of hydrogen-bond acceptors (Lipinski definition) is 3. The first-order valence-corrected chi connectivity index (χ1v) is 7.30. The van der Waals surface area contributed by atoms with Crippen LogP contribution in [-0.4, -0.2) is 41.7 Å². The molecule has 1 fully saturated rings. The van der Waals surface area contributed by atoms with E-state index in [2.05, 4.69) is 0 Å². The van der Waals surface area contributed by atoms with Crippen molar-refractivity contribution in [2.45, 2.75) is 38.6 Å². The number of nitrogens with zero attached hydrogens (tertiary/aromatic N) is 1. The summed E-state index contributed by atoms with van der Waals surface area (Å²) in [5, 5.41) is 9.21. The number of rotatable bonds is 6. The molecule has 0 aromatic heterocycles. The average molecular weight is 277 g/mol. The van der Waals surface area contributed by atoms with Gasteiger partial charge in [-0.15, -0.1) is 0 Å². The predicted octanol–water partition coefficient (Wildman–Crippen LogP) is 2.14. The van der Waals surface area contributed by atoms with E-state index >= 15 is 0 Å². The molecule has 1 aliphatic heterocycles. The van der Waals surface area contributed by atoms with Gasteiger partial charge in [0.2, 0.25) is 5.91 Å². The first kappa shape index (κ1) is 14.9. The van der Waals surface area contributed by atoms with E-state index in [0.717, 1.165) is 25.1 Å². The average Bonchev–Trinajstić information content (AvgIpc) is 2.92. The summed E-state index contributed by atoms with van der Waals surface area (Å²) in [7, 11) is 0. The fourth-order valence-corrected chi connectivity index (χ4v) is 2.62. The molecule has 1 N–H and O–H groups in total. The normalized spacial score (nSPS) is 18.3. The van der Waals surface area contributed by atoms with Crippen LogP contribution in [0, 0.1) is 6.92 Å². The molecule has 110 valence electrons. The fraction of sp³-hybridized carbons (Fsp3) is 0.562. The molecule has 1 aromatic rings. The Balaban J connectivity index is 1.69. The summed E-state index contributed by atoms with van der Waals surface area (Å²) in [5.74, 6) is 0.987. The smallest absolute Gasteiger partial charge is 0.223 e. The van der Waals surface area contributed by atoms with Crippen molar-refractivity contribution < 1.29 is 14.6 Å². The molecule has 1 amide bonds. The van der Waals surface area contributed by atoms with Crippen molar-refractivity contribution in [2.75, 3.05) is 19.8 Å². The first-order valence-electron chi connectivity index (χ1n) is 7.30. The third-order valence-corrected chi connectivity index (χ3v) is 3.70. The maximum absolute atomic E-state index is 12.0. The first-order chi connectivity index (χ1) is 9.70. The summed E-state index contributed by atoms with van der Waals surface area (Å²) in [6.07, 6.45) is 3.11. The van der Waals surface area contributed by atoms with Gasteiger partial charge in [-0.2, -0.15) is 0 Å².